The number of piperidine rings is 1. The summed E-state index contributed by atoms with van der Waals surface area (Å²) in [6.07, 6.45) is 4.52. The minimum absolute atomic E-state index is 0.213. The molecule has 1 aliphatic heterocycles. The van der Waals surface area contributed by atoms with Crippen LogP contribution in [0.25, 0.3) is 0 Å². The predicted molar refractivity (Wildman–Crippen MR) is 88.6 cm³/mol. The maximum Gasteiger partial charge on any atom is 0.211 e. The number of halogens is 2. The van der Waals surface area contributed by atoms with E-state index in [0.29, 0.717) is 24.9 Å². The summed E-state index contributed by atoms with van der Waals surface area (Å²) < 4.78 is 25.0. The molecule has 0 aromatic carbocycles. The number of sulfonamides is 1. The van der Waals surface area contributed by atoms with E-state index < -0.39 is 10.0 Å². The monoisotopic (exact) mass is 417 g/mol. The Kier molecular flexibility index (Phi) is 6.82. The van der Waals surface area contributed by atoms with E-state index in [1.807, 2.05) is 0 Å². The first-order chi connectivity index (χ1) is 8.75. The van der Waals surface area contributed by atoms with Gasteiger partial charge in [-0.05, 0) is 36.5 Å². The van der Waals surface area contributed by atoms with Crippen LogP contribution in [-0.4, -0.2) is 42.7 Å². The Balaban J connectivity index is 2.75. The molecule has 0 radical (unpaired) electrons. The van der Waals surface area contributed by atoms with Crippen molar-refractivity contribution in [3.63, 3.8) is 0 Å². The third-order valence-electron chi connectivity index (χ3n) is 4.40. The van der Waals surface area contributed by atoms with Gasteiger partial charge in [0.2, 0.25) is 10.0 Å². The Morgan fingerprint density at radius 2 is 1.89 bits per heavy atom. The van der Waals surface area contributed by atoms with Crippen molar-refractivity contribution in [2.24, 2.45) is 17.3 Å². The largest absolute Gasteiger partial charge is 0.213 e. The molecule has 1 rings (SSSR count). The van der Waals surface area contributed by atoms with E-state index in [-0.39, 0.29) is 5.41 Å². The molecule has 1 fully saturated rings. The van der Waals surface area contributed by atoms with Gasteiger partial charge in [-0.3, -0.25) is 0 Å². The lowest BCUT2D eigenvalue weighted by Crippen LogP contribution is -2.42. The van der Waals surface area contributed by atoms with Crippen LogP contribution in [-0.2, 0) is 10.0 Å². The van der Waals surface area contributed by atoms with Gasteiger partial charge in [-0.15, -0.1) is 0 Å². The van der Waals surface area contributed by atoms with Gasteiger partial charge in [-0.2, -0.15) is 0 Å². The highest BCUT2D eigenvalue weighted by Gasteiger charge is 2.36. The van der Waals surface area contributed by atoms with Crippen LogP contribution < -0.4 is 0 Å². The second-order valence-corrected chi connectivity index (χ2v) is 9.22. The van der Waals surface area contributed by atoms with Gasteiger partial charge in [-0.25, -0.2) is 12.7 Å². The fourth-order valence-corrected chi connectivity index (χ4v) is 6.38. The van der Waals surface area contributed by atoms with Gasteiger partial charge in [0.05, 0.1) is 6.26 Å². The van der Waals surface area contributed by atoms with Crippen molar-refractivity contribution >= 4 is 41.9 Å². The van der Waals surface area contributed by atoms with E-state index in [4.69, 9.17) is 0 Å². The first kappa shape index (κ1) is 17.9. The second kappa shape index (κ2) is 7.23. The quantitative estimate of drug-likeness (QED) is 0.619. The lowest BCUT2D eigenvalue weighted by molar-refractivity contribution is 0.158. The van der Waals surface area contributed by atoms with Crippen LogP contribution >= 0.6 is 31.9 Å². The zero-order valence-corrected chi connectivity index (χ0v) is 16.0. The second-order valence-electron chi connectivity index (χ2n) is 6.12. The molecule has 0 saturated carbocycles. The number of alkyl halides is 2. The number of hydrogen-bond donors (Lipinski definition) is 0. The summed E-state index contributed by atoms with van der Waals surface area (Å²) in [7, 11) is -3.04. The molecule has 0 spiro atoms. The van der Waals surface area contributed by atoms with Gasteiger partial charge in [0.15, 0.2) is 0 Å². The maximum atomic E-state index is 11.7. The highest BCUT2D eigenvalue weighted by atomic mass is 79.9. The molecule has 0 aliphatic carbocycles. The molecule has 0 N–H and O–H groups in total. The van der Waals surface area contributed by atoms with Crippen LogP contribution in [0.4, 0.5) is 0 Å². The molecule has 1 aliphatic rings. The summed E-state index contributed by atoms with van der Waals surface area (Å²) in [6, 6.07) is 0. The molecule has 114 valence electrons. The minimum Gasteiger partial charge on any atom is -0.213 e. The lowest BCUT2D eigenvalue weighted by atomic mass is 9.73. The van der Waals surface area contributed by atoms with Crippen molar-refractivity contribution in [1.82, 2.24) is 4.31 Å². The molecule has 6 heteroatoms. The van der Waals surface area contributed by atoms with E-state index in [0.717, 1.165) is 29.9 Å². The summed E-state index contributed by atoms with van der Waals surface area (Å²) >= 11 is 7.31. The fraction of sp³-hybridized carbons (Fsp3) is 1.00. The Morgan fingerprint density at radius 3 is 2.32 bits per heavy atom. The summed E-state index contributed by atoms with van der Waals surface area (Å²) in [5.41, 5.74) is 0.213. The SMILES string of the molecule is CC(C)C(CBr)(CBr)CC1CCCN(S(C)(=O)=O)C1. The molecule has 1 heterocycles. The van der Waals surface area contributed by atoms with Crippen LogP contribution in [0.3, 0.4) is 0 Å². The van der Waals surface area contributed by atoms with Crippen molar-refractivity contribution in [2.75, 3.05) is 30.0 Å². The average Bonchev–Trinajstić information content (AvgIpc) is 2.35. The van der Waals surface area contributed by atoms with Gasteiger partial charge in [-0.1, -0.05) is 45.7 Å². The molecule has 0 bridgehead atoms. The Labute approximate surface area is 134 Å². The predicted octanol–water partition coefficient (Wildman–Crippen LogP) is 3.48. The summed E-state index contributed by atoms with van der Waals surface area (Å²) in [5, 5.41) is 1.91. The molecule has 1 saturated heterocycles. The number of rotatable bonds is 6. The van der Waals surface area contributed by atoms with Crippen molar-refractivity contribution in [1.29, 1.82) is 0 Å². The van der Waals surface area contributed by atoms with Gasteiger partial charge in [0, 0.05) is 23.7 Å². The van der Waals surface area contributed by atoms with Crippen molar-refractivity contribution < 1.29 is 8.42 Å². The molecule has 0 aromatic rings. The third-order valence-corrected chi connectivity index (χ3v) is 7.91. The normalized spacial score (nSPS) is 22.9. The van der Waals surface area contributed by atoms with E-state index >= 15 is 0 Å². The standard InChI is InChI=1S/C13H25Br2NO2S/c1-11(2)13(9-14,10-15)7-12-5-4-6-16(8-12)19(3,17)18/h11-12H,4-10H2,1-3H3. The zero-order chi connectivity index (χ0) is 14.7. The fourth-order valence-electron chi connectivity index (χ4n) is 2.76. The van der Waals surface area contributed by atoms with E-state index in [1.54, 1.807) is 4.31 Å². The van der Waals surface area contributed by atoms with E-state index in [9.17, 15) is 8.42 Å². The molecular formula is C13H25Br2NO2S. The Hall–Kier alpha value is 0.870. The maximum absolute atomic E-state index is 11.7. The minimum atomic E-state index is -3.04. The molecule has 3 nitrogen and oxygen atoms in total. The Morgan fingerprint density at radius 1 is 1.32 bits per heavy atom. The summed E-state index contributed by atoms with van der Waals surface area (Å²) in [6.45, 7) is 5.87. The van der Waals surface area contributed by atoms with Crippen LogP contribution in [0.2, 0.25) is 0 Å². The van der Waals surface area contributed by atoms with Crippen molar-refractivity contribution in [3.05, 3.63) is 0 Å². The van der Waals surface area contributed by atoms with Gasteiger partial charge in [0.1, 0.15) is 0 Å². The number of hydrogen-bond acceptors (Lipinski definition) is 2. The Bertz CT molecular complexity index is 380. The zero-order valence-electron chi connectivity index (χ0n) is 12.0. The highest BCUT2D eigenvalue weighted by Crippen LogP contribution is 2.40. The topological polar surface area (TPSA) is 37.4 Å². The summed E-state index contributed by atoms with van der Waals surface area (Å²) in [4.78, 5) is 0. The molecular weight excluding hydrogens is 394 g/mol. The smallest absolute Gasteiger partial charge is 0.211 e. The van der Waals surface area contributed by atoms with Crippen LogP contribution in [0, 0.1) is 17.3 Å². The van der Waals surface area contributed by atoms with Gasteiger partial charge < -0.3 is 0 Å². The lowest BCUT2D eigenvalue weighted by Gasteiger charge is -2.40. The van der Waals surface area contributed by atoms with Crippen molar-refractivity contribution in [2.45, 2.75) is 33.1 Å². The third kappa shape index (κ3) is 4.68. The van der Waals surface area contributed by atoms with Crippen LogP contribution in [0.1, 0.15) is 33.1 Å². The molecule has 1 unspecified atom stereocenters. The summed E-state index contributed by atoms with van der Waals surface area (Å²) in [5.74, 6) is 1.04. The first-order valence-electron chi connectivity index (χ1n) is 6.82. The van der Waals surface area contributed by atoms with Crippen LogP contribution in [0.15, 0.2) is 0 Å². The molecule has 19 heavy (non-hydrogen) atoms. The highest BCUT2D eigenvalue weighted by molar-refractivity contribution is 9.09. The first-order valence-corrected chi connectivity index (χ1v) is 10.9. The number of nitrogens with zero attached hydrogens (tertiary/aromatic N) is 1. The van der Waals surface area contributed by atoms with E-state index in [1.165, 1.54) is 6.26 Å². The van der Waals surface area contributed by atoms with Gasteiger partial charge in [0.25, 0.3) is 0 Å². The molecule has 0 amide bonds. The van der Waals surface area contributed by atoms with E-state index in [2.05, 4.69) is 45.7 Å². The molecule has 1 atom stereocenters. The van der Waals surface area contributed by atoms with Gasteiger partial charge >= 0.3 is 0 Å². The average molecular weight is 419 g/mol. The van der Waals surface area contributed by atoms with Crippen LogP contribution in [0.5, 0.6) is 0 Å². The van der Waals surface area contributed by atoms with Crippen molar-refractivity contribution in [3.8, 4) is 0 Å². The molecule has 0 aromatic heterocycles.